The van der Waals surface area contributed by atoms with E-state index in [2.05, 4.69) is 17.1 Å². The monoisotopic (exact) mass is 247 g/mol. The van der Waals surface area contributed by atoms with E-state index in [0.717, 1.165) is 13.1 Å². The number of nitrogens with zero attached hydrogens (tertiary/aromatic N) is 1. The van der Waals surface area contributed by atoms with E-state index in [1.54, 1.807) is 6.92 Å². The highest BCUT2D eigenvalue weighted by Gasteiger charge is 2.13. The number of rotatable bonds is 7. The van der Waals surface area contributed by atoms with Gasteiger partial charge < -0.3 is 5.11 Å². The maximum atomic E-state index is 10.8. The van der Waals surface area contributed by atoms with Crippen molar-refractivity contribution in [3.05, 3.63) is 42.0 Å². The lowest BCUT2D eigenvalue weighted by Gasteiger charge is -2.20. The number of hydrogen-bond donors (Lipinski definition) is 1. The van der Waals surface area contributed by atoms with Crippen molar-refractivity contribution < 1.29 is 9.90 Å². The number of hydrogen-bond acceptors (Lipinski definition) is 2. The van der Waals surface area contributed by atoms with Crippen LogP contribution in [0.5, 0.6) is 0 Å². The van der Waals surface area contributed by atoms with E-state index < -0.39 is 5.97 Å². The van der Waals surface area contributed by atoms with E-state index in [9.17, 15) is 4.79 Å². The number of carboxylic acids is 1. The predicted octanol–water partition coefficient (Wildman–Crippen LogP) is 2.74. The molecule has 18 heavy (non-hydrogen) atoms. The van der Waals surface area contributed by atoms with Gasteiger partial charge in [-0.25, -0.2) is 0 Å². The molecule has 0 aliphatic heterocycles. The highest BCUT2D eigenvalue weighted by Crippen LogP contribution is 2.03. The Kier molecular flexibility index (Phi) is 6.15. The number of benzene rings is 1. The number of carboxylic acid groups (broad SMARTS) is 1. The molecule has 0 bridgehead atoms. The molecule has 1 aromatic rings. The molecular weight excluding hydrogens is 226 g/mol. The fourth-order valence-electron chi connectivity index (χ4n) is 1.70. The molecule has 0 fully saturated rings. The number of likely N-dealkylation sites (N-methyl/N-ethyl adjacent to an activating group) is 1. The highest BCUT2D eigenvalue weighted by atomic mass is 16.4. The molecule has 0 radical (unpaired) electrons. The third-order valence-electron chi connectivity index (χ3n) is 2.87. The Morgan fingerprint density at radius 1 is 1.39 bits per heavy atom. The van der Waals surface area contributed by atoms with Crippen LogP contribution < -0.4 is 0 Å². The van der Waals surface area contributed by atoms with Crippen LogP contribution in [0.2, 0.25) is 0 Å². The van der Waals surface area contributed by atoms with Crippen LogP contribution in [0.3, 0.4) is 0 Å². The van der Waals surface area contributed by atoms with Crippen LogP contribution in [0.25, 0.3) is 6.08 Å². The summed E-state index contributed by atoms with van der Waals surface area (Å²) in [6.07, 6.45) is 4.14. The summed E-state index contributed by atoms with van der Waals surface area (Å²) >= 11 is 0. The van der Waals surface area contributed by atoms with Gasteiger partial charge in [-0.2, -0.15) is 0 Å². The maximum absolute atomic E-state index is 10.8. The summed E-state index contributed by atoms with van der Waals surface area (Å²) in [6.45, 7) is 6.02. The third-order valence-corrected chi connectivity index (χ3v) is 2.87. The van der Waals surface area contributed by atoms with E-state index in [1.165, 1.54) is 5.56 Å². The van der Waals surface area contributed by atoms with Crippen LogP contribution in [-0.4, -0.2) is 35.6 Å². The van der Waals surface area contributed by atoms with Crippen molar-refractivity contribution in [2.45, 2.75) is 13.8 Å². The summed E-state index contributed by atoms with van der Waals surface area (Å²) in [6, 6.07) is 10.1. The molecule has 0 aliphatic carbocycles. The summed E-state index contributed by atoms with van der Waals surface area (Å²) in [5.41, 5.74) is 1.17. The molecule has 0 saturated heterocycles. The molecule has 1 aromatic carbocycles. The molecule has 1 unspecified atom stereocenters. The van der Waals surface area contributed by atoms with Gasteiger partial charge in [0.15, 0.2) is 0 Å². The second kappa shape index (κ2) is 7.67. The zero-order valence-electron chi connectivity index (χ0n) is 11.0. The normalized spacial score (nSPS) is 13.1. The van der Waals surface area contributed by atoms with Gasteiger partial charge in [0.25, 0.3) is 0 Å². The summed E-state index contributed by atoms with van der Waals surface area (Å²) < 4.78 is 0. The first-order valence-corrected chi connectivity index (χ1v) is 6.30. The van der Waals surface area contributed by atoms with Crippen molar-refractivity contribution in [3.63, 3.8) is 0 Å². The fraction of sp³-hybridized carbons (Fsp3) is 0.400. The van der Waals surface area contributed by atoms with E-state index in [0.29, 0.717) is 6.54 Å². The fourth-order valence-corrected chi connectivity index (χ4v) is 1.70. The van der Waals surface area contributed by atoms with Crippen molar-refractivity contribution >= 4 is 12.0 Å². The highest BCUT2D eigenvalue weighted by molar-refractivity contribution is 5.69. The maximum Gasteiger partial charge on any atom is 0.307 e. The van der Waals surface area contributed by atoms with Gasteiger partial charge in [-0.3, -0.25) is 9.69 Å². The Balaban J connectivity index is 2.44. The van der Waals surface area contributed by atoms with Gasteiger partial charge in [0, 0.05) is 13.1 Å². The van der Waals surface area contributed by atoms with Crippen LogP contribution in [0.4, 0.5) is 0 Å². The first kappa shape index (κ1) is 14.5. The number of aliphatic carboxylic acids is 1. The molecule has 0 aromatic heterocycles. The van der Waals surface area contributed by atoms with Crippen LogP contribution >= 0.6 is 0 Å². The minimum absolute atomic E-state index is 0.324. The molecule has 1 rings (SSSR count). The topological polar surface area (TPSA) is 40.5 Å². The second-order valence-electron chi connectivity index (χ2n) is 4.40. The van der Waals surface area contributed by atoms with Gasteiger partial charge in [-0.15, -0.1) is 0 Å². The van der Waals surface area contributed by atoms with Crippen molar-refractivity contribution in [3.8, 4) is 0 Å². The number of carbonyl (C=O) groups is 1. The summed E-state index contributed by atoms with van der Waals surface area (Å²) in [4.78, 5) is 12.9. The predicted molar refractivity (Wildman–Crippen MR) is 74.4 cm³/mol. The summed E-state index contributed by atoms with van der Waals surface area (Å²) in [5.74, 6) is -1.06. The molecule has 0 amide bonds. The van der Waals surface area contributed by atoms with Crippen molar-refractivity contribution in [2.75, 3.05) is 19.6 Å². The molecule has 3 heteroatoms. The SMILES string of the molecule is CCN(CC=Cc1ccccc1)CC(C)C(=O)O. The van der Waals surface area contributed by atoms with Crippen molar-refractivity contribution in [1.29, 1.82) is 0 Å². The van der Waals surface area contributed by atoms with Crippen LogP contribution in [0, 0.1) is 5.92 Å². The lowest BCUT2D eigenvalue weighted by atomic mass is 10.1. The smallest absolute Gasteiger partial charge is 0.307 e. The molecule has 0 heterocycles. The molecular formula is C15H21NO2. The Morgan fingerprint density at radius 3 is 2.61 bits per heavy atom. The second-order valence-corrected chi connectivity index (χ2v) is 4.40. The van der Waals surface area contributed by atoms with E-state index in [4.69, 9.17) is 5.11 Å². The van der Waals surface area contributed by atoms with Gasteiger partial charge >= 0.3 is 5.97 Å². The molecule has 0 aliphatic rings. The van der Waals surface area contributed by atoms with Gasteiger partial charge in [0.05, 0.1) is 5.92 Å². The average Bonchev–Trinajstić information content (AvgIpc) is 2.38. The Labute approximate surface area is 109 Å². The van der Waals surface area contributed by atoms with Gasteiger partial charge in [0.2, 0.25) is 0 Å². The molecule has 3 nitrogen and oxygen atoms in total. The van der Waals surface area contributed by atoms with Gasteiger partial charge in [0.1, 0.15) is 0 Å². The largest absolute Gasteiger partial charge is 0.481 e. The summed E-state index contributed by atoms with van der Waals surface area (Å²) in [7, 11) is 0. The first-order chi connectivity index (χ1) is 8.63. The molecule has 0 spiro atoms. The van der Waals surface area contributed by atoms with Gasteiger partial charge in [-0.1, -0.05) is 56.3 Å². The van der Waals surface area contributed by atoms with Crippen molar-refractivity contribution in [2.24, 2.45) is 5.92 Å². The molecule has 1 atom stereocenters. The zero-order valence-corrected chi connectivity index (χ0v) is 11.0. The Hall–Kier alpha value is -1.61. The van der Waals surface area contributed by atoms with Crippen LogP contribution in [-0.2, 0) is 4.79 Å². The van der Waals surface area contributed by atoms with Crippen molar-refractivity contribution in [1.82, 2.24) is 4.90 Å². The quantitative estimate of drug-likeness (QED) is 0.805. The Morgan fingerprint density at radius 2 is 2.06 bits per heavy atom. The molecule has 98 valence electrons. The first-order valence-electron chi connectivity index (χ1n) is 6.30. The van der Waals surface area contributed by atoms with E-state index in [1.807, 2.05) is 37.3 Å². The van der Waals surface area contributed by atoms with Crippen LogP contribution in [0.15, 0.2) is 36.4 Å². The molecule has 0 saturated carbocycles. The lowest BCUT2D eigenvalue weighted by Crippen LogP contribution is -2.31. The molecule has 1 N–H and O–H groups in total. The zero-order chi connectivity index (χ0) is 13.4. The van der Waals surface area contributed by atoms with E-state index >= 15 is 0 Å². The standard InChI is InChI=1S/C15H21NO2/c1-3-16(12-13(2)15(17)18)11-7-10-14-8-5-4-6-9-14/h4-10,13H,3,11-12H2,1-2H3,(H,17,18). The minimum Gasteiger partial charge on any atom is -0.481 e. The minimum atomic E-state index is -0.736. The lowest BCUT2D eigenvalue weighted by molar-refractivity contribution is -0.141. The summed E-state index contributed by atoms with van der Waals surface area (Å²) in [5, 5.41) is 8.89. The Bertz CT molecular complexity index is 387. The third kappa shape index (κ3) is 5.15. The average molecular weight is 247 g/mol. The van der Waals surface area contributed by atoms with Crippen LogP contribution in [0.1, 0.15) is 19.4 Å². The van der Waals surface area contributed by atoms with E-state index in [-0.39, 0.29) is 5.92 Å². The van der Waals surface area contributed by atoms with Gasteiger partial charge in [-0.05, 0) is 12.1 Å².